The van der Waals surface area contributed by atoms with E-state index in [0.717, 1.165) is 0 Å². The highest BCUT2D eigenvalue weighted by Gasteiger charge is 2.09. The van der Waals surface area contributed by atoms with Crippen molar-refractivity contribution >= 4 is 44.1 Å². The SMILES string of the molecule is Ic1cc(-c2cccc3ccccc23)cc(-c2cccc3ccccc23)c1. The maximum atomic E-state index is 2.43. The molecule has 5 aromatic rings. The molecule has 0 saturated carbocycles. The van der Waals surface area contributed by atoms with Gasteiger partial charge in [0.15, 0.2) is 0 Å². The summed E-state index contributed by atoms with van der Waals surface area (Å²) in [5.41, 5.74) is 5.10. The molecule has 128 valence electrons. The van der Waals surface area contributed by atoms with Gasteiger partial charge in [-0.25, -0.2) is 0 Å². The van der Waals surface area contributed by atoms with Crippen LogP contribution in [-0.4, -0.2) is 0 Å². The van der Waals surface area contributed by atoms with E-state index in [-0.39, 0.29) is 0 Å². The summed E-state index contributed by atoms with van der Waals surface area (Å²) in [6, 6.07) is 37.2. The second kappa shape index (κ2) is 6.82. The fraction of sp³-hybridized carbons (Fsp3) is 0. The molecule has 0 aliphatic carbocycles. The Morgan fingerprint density at radius 3 is 1.41 bits per heavy atom. The maximum Gasteiger partial charge on any atom is 0.0142 e. The molecule has 0 heterocycles. The van der Waals surface area contributed by atoms with E-state index in [1.807, 2.05) is 0 Å². The van der Waals surface area contributed by atoms with E-state index in [2.05, 4.69) is 126 Å². The molecule has 0 saturated heterocycles. The number of halogens is 1. The van der Waals surface area contributed by atoms with Crippen molar-refractivity contribution < 1.29 is 0 Å². The van der Waals surface area contributed by atoms with Gasteiger partial charge in [-0.1, -0.05) is 84.9 Å². The highest BCUT2D eigenvalue weighted by Crippen LogP contribution is 2.35. The third kappa shape index (κ3) is 3.02. The average Bonchev–Trinajstić information content (AvgIpc) is 2.72. The van der Waals surface area contributed by atoms with Gasteiger partial charge >= 0.3 is 0 Å². The van der Waals surface area contributed by atoms with Crippen LogP contribution in [0.5, 0.6) is 0 Å². The summed E-state index contributed by atoms with van der Waals surface area (Å²) < 4.78 is 1.25. The molecule has 27 heavy (non-hydrogen) atoms. The lowest BCUT2D eigenvalue weighted by Crippen LogP contribution is -1.87. The Morgan fingerprint density at radius 1 is 0.444 bits per heavy atom. The summed E-state index contributed by atoms with van der Waals surface area (Å²) in [7, 11) is 0. The zero-order chi connectivity index (χ0) is 18.2. The number of fused-ring (bicyclic) bond motifs is 2. The van der Waals surface area contributed by atoms with Crippen LogP contribution >= 0.6 is 22.6 Å². The zero-order valence-corrected chi connectivity index (χ0v) is 16.9. The summed E-state index contributed by atoms with van der Waals surface area (Å²) >= 11 is 2.43. The second-order valence-corrected chi connectivity index (χ2v) is 8.03. The summed E-state index contributed by atoms with van der Waals surface area (Å²) in [6.07, 6.45) is 0. The van der Waals surface area contributed by atoms with Gasteiger partial charge in [0.1, 0.15) is 0 Å². The van der Waals surface area contributed by atoms with Gasteiger partial charge in [0.2, 0.25) is 0 Å². The number of hydrogen-bond donors (Lipinski definition) is 0. The van der Waals surface area contributed by atoms with Crippen LogP contribution in [0.1, 0.15) is 0 Å². The Hall–Kier alpha value is -2.65. The van der Waals surface area contributed by atoms with E-state index >= 15 is 0 Å². The fourth-order valence-corrected chi connectivity index (χ4v) is 4.53. The first kappa shape index (κ1) is 16.5. The van der Waals surface area contributed by atoms with Crippen molar-refractivity contribution in [2.45, 2.75) is 0 Å². The average molecular weight is 456 g/mol. The minimum absolute atomic E-state index is 1.25. The first-order valence-corrected chi connectivity index (χ1v) is 10.1. The molecule has 0 N–H and O–H groups in total. The summed E-state index contributed by atoms with van der Waals surface area (Å²) in [4.78, 5) is 0. The second-order valence-electron chi connectivity index (χ2n) is 6.78. The van der Waals surface area contributed by atoms with Crippen molar-refractivity contribution in [2.24, 2.45) is 0 Å². The Labute approximate surface area is 172 Å². The zero-order valence-electron chi connectivity index (χ0n) is 14.7. The van der Waals surface area contributed by atoms with Crippen LogP contribution < -0.4 is 0 Å². The van der Waals surface area contributed by atoms with E-state index in [0.29, 0.717) is 0 Å². The highest BCUT2D eigenvalue weighted by atomic mass is 127. The van der Waals surface area contributed by atoms with Crippen LogP contribution in [0.25, 0.3) is 43.8 Å². The van der Waals surface area contributed by atoms with Crippen molar-refractivity contribution in [2.75, 3.05) is 0 Å². The number of benzene rings is 5. The van der Waals surface area contributed by atoms with Crippen molar-refractivity contribution in [3.05, 3.63) is 107 Å². The molecule has 0 aliphatic heterocycles. The standard InChI is InChI=1S/C26H17I/c27-22-16-20(25-13-5-9-18-7-1-3-11-23(18)25)15-21(17-22)26-14-6-10-19-8-2-4-12-24(19)26/h1-17H. The molecule has 1 heteroatoms. The molecule has 0 bridgehead atoms. The van der Waals surface area contributed by atoms with Crippen molar-refractivity contribution in [1.29, 1.82) is 0 Å². The molecule has 0 amide bonds. The van der Waals surface area contributed by atoms with Crippen LogP contribution in [0, 0.1) is 3.57 Å². The van der Waals surface area contributed by atoms with Crippen molar-refractivity contribution in [3.63, 3.8) is 0 Å². The van der Waals surface area contributed by atoms with E-state index in [1.54, 1.807) is 0 Å². The fourth-order valence-electron chi connectivity index (χ4n) is 3.85. The van der Waals surface area contributed by atoms with Crippen LogP contribution in [0.15, 0.2) is 103 Å². The molecule has 0 aromatic heterocycles. The van der Waals surface area contributed by atoms with E-state index < -0.39 is 0 Å². The first-order chi connectivity index (χ1) is 13.3. The van der Waals surface area contributed by atoms with E-state index in [9.17, 15) is 0 Å². The van der Waals surface area contributed by atoms with Crippen molar-refractivity contribution in [1.82, 2.24) is 0 Å². The highest BCUT2D eigenvalue weighted by molar-refractivity contribution is 14.1. The largest absolute Gasteiger partial charge is 0.0616 e. The molecule has 0 spiro atoms. The lowest BCUT2D eigenvalue weighted by molar-refractivity contribution is 1.59. The van der Waals surface area contributed by atoms with E-state index in [4.69, 9.17) is 0 Å². The topological polar surface area (TPSA) is 0 Å². The Morgan fingerprint density at radius 2 is 0.889 bits per heavy atom. The van der Waals surface area contributed by atoms with Gasteiger partial charge in [0, 0.05) is 3.57 Å². The van der Waals surface area contributed by atoms with Gasteiger partial charge in [-0.05, 0) is 84.6 Å². The predicted octanol–water partition coefficient (Wildman–Crippen LogP) is 7.93. The number of hydrogen-bond acceptors (Lipinski definition) is 0. The molecule has 0 unspecified atom stereocenters. The molecule has 0 nitrogen and oxygen atoms in total. The molecule has 5 aromatic carbocycles. The molecule has 0 fully saturated rings. The summed E-state index contributed by atoms with van der Waals surface area (Å²) in [5.74, 6) is 0. The minimum Gasteiger partial charge on any atom is -0.0616 e. The Kier molecular flexibility index (Phi) is 4.17. The quantitative estimate of drug-likeness (QED) is 0.237. The molecule has 0 radical (unpaired) electrons. The summed E-state index contributed by atoms with van der Waals surface area (Å²) in [5, 5.41) is 5.15. The van der Waals surface area contributed by atoms with Crippen LogP contribution in [0.3, 0.4) is 0 Å². The van der Waals surface area contributed by atoms with Gasteiger partial charge < -0.3 is 0 Å². The Balaban J connectivity index is 1.76. The molecular formula is C26H17I. The first-order valence-electron chi connectivity index (χ1n) is 9.06. The summed E-state index contributed by atoms with van der Waals surface area (Å²) in [6.45, 7) is 0. The third-order valence-electron chi connectivity index (χ3n) is 5.10. The monoisotopic (exact) mass is 456 g/mol. The van der Waals surface area contributed by atoms with E-state index in [1.165, 1.54) is 47.4 Å². The van der Waals surface area contributed by atoms with Crippen LogP contribution in [-0.2, 0) is 0 Å². The lowest BCUT2D eigenvalue weighted by atomic mass is 9.93. The van der Waals surface area contributed by atoms with Crippen molar-refractivity contribution in [3.8, 4) is 22.3 Å². The van der Waals surface area contributed by atoms with Gasteiger partial charge in [-0.15, -0.1) is 0 Å². The predicted molar refractivity (Wildman–Crippen MR) is 125 cm³/mol. The number of rotatable bonds is 2. The molecule has 0 aliphatic rings. The van der Waals surface area contributed by atoms with Crippen LogP contribution in [0.4, 0.5) is 0 Å². The van der Waals surface area contributed by atoms with Gasteiger partial charge in [0.05, 0.1) is 0 Å². The smallest absolute Gasteiger partial charge is 0.0142 e. The maximum absolute atomic E-state index is 2.43. The van der Waals surface area contributed by atoms with Gasteiger partial charge in [0.25, 0.3) is 0 Å². The van der Waals surface area contributed by atoms with Crippen LogP contribution in [0.2, 0.25) is 0 Å². The van der Waals surface area contributed by atoms with Gasteiger partial charge in [-0.3, -0.25) is 0 Å². The Bertz CT molecular complexity index is 1180. The molecule has 5 rings (SSSR count). The molecule has 0 atom stereocenters. The lowest BCUT2D eigenvalue weighted by Gasteiger charge is -2.12. The van der Waals surface area contributed by atoms with Gasteiger partial charge in [-0.2, -0.15) is 0 Å². The minimum atomic E-state index is 1.25. The molecular weight excluding hydrogens is 439 g/mol. The third-order valence-corrected chi connectivity index (χ3v) is 5.72. The normalized spacial score (nSPS) is 11.1.